The van der Waals surface area contributed by atoms with Crippen LogP contribution in [0.5, 0.6) is 0 Å². The molecule has 0 radical (unpaired) electrons. The largest absolute Gasteiger partial charge is 0.461 e. The Balaban J connectivity index is 1.30. The number of ether oxygens (including phenoxy) is 1. The number of hydrogen-bond acceptors (Lipinski definition) is 4. The maximum atomic E-state index is 13.1. The number of aryl methyl sites for hydroxylation is 1. The van der Waals surface area contributed by atoms with Crippen molar-refractivity contribution in [3.8, 4) is 11.3 Å². The predicted octanol–water partition coefficient (Wildman–Crippen LogP) is 5.26. The molecule has 1 unspecified atom stereocenters. The average molecular weight is 472 g/mol. The minimum absolute atomic E-state index is 0.113. The van der Waals surface area contributed by atoms with Gasteiger partial charge in [0.05, 0.1) is 18.3 Å². The summed E-state index contributed by atoms with van der Waals surface area (Å²) >= 11 is 0. The van der Waals surface area contributed by atoms with Crippen LogP contribution in [0.15, 0.2) is 60.7 Å². The monoisotopic (exact) mass is 471 g/mol. The molecular weight excluding hydrogens is 438 g/mol. The van der Waals surface area contributed by atoms with Crippen LogP contribution in [0.2, 0.25) is 0 Å². The lowest BCUT2D eigenvalue weighted by Crippen LogP contribution is -2.40. The Morgan fingerprint density at radius 1 is 1.00 bits per heavy atom. The fraction of sp³-hybridized carbons (Fsp3) is 0.414. The Hall–Kier alpha value is -3.41. The van der Waals surface area contributed by atoms with Crippen molar-refractivity contribution in [2.75, 3.05) is 19.7 Å². The van der Waals surface area contributed by atoms with Crippen LogP contribution < -0.4 is 0 Å². The number of amides is 1. The second-order valence-corrected chi connectivity index (χ2v) is 9.55. The molecule has 0 spiro atoms. The van der Waals surface area contributed by atoms with E-state index in [9.17, 15) is 9.59 Å². The molecule has 2 heterocycles. The smallest absolute Gasteiger partial charge is 0.358 e. The maximum Gasteiger partial charge on any atom is 0.358 e. The third kappa shape index (κ3) is 4.88. The number of rotatable bonds is 7. The first-order chi connectivity index (χ1) is 17.1. The Morgan fingerprint density at radius 3 is 2.37 bits per heavy atom. The molecule has 1 saturated carbocycles. The van der Waals surface area contributed by atoms with Gasteiger partial charge in [0.2, 0.25) is 5.91 Å². The molecule has 2 aliphatic rings. The van der Waals surface area contributed by atoms with Gasteiger partial charge in [0.1, 0.15) is 0 Å². The standard InChI is InChI=1S/C29H33N3O3/c1-3-20-10-12-22(13-11-20)27-19-26(29(34)35-4-2)30-32(27)23-14-16-31(17-15-23)28(33)25-18-24(25)21-8-6-5-7-9-21/h5-13,19,23-25H,3-4,14-18H2,1-2H3/t24-,25?/m0/s1. The van der Waals surface area contributed by atoms with Crippen molar-refractivity contribution in [2.45, 2.75) is 51.5 Å². The van der Waals surface area contributed by atoms with E-state index in [0.29, 0.717) is 31.3 Å². The molecule has 1 aliphatic heterocycles. The van der Waals surface area contributed by atoms with Gasteiger partial charge in [-0.2, -0.15) is 5.10 Å². The number of benzene rings is 2. The summed E-state index contributed by atoms with van der Waals surface area (Å²) in [6.45, 7) is 5.68. The highest BCUT2D eigenvalue weighted by molar-refractivity contribution is 5.88. The van der Waals surface area contributed by atoms with Crippen LogP contribution in [0.25, 0.3) is 11.3 Å². The molecule has 35 heavy (non-hydrogen) atoms. The topological polar surface area (TPSA) is 64.4 Å². The molecule has 2 atom stereocenters. The molecule has 3 aromatic rings. The lowest BCUT2D eigenvalue weighted by atomic mass is 10.0. The van der Waals surface area contributed by atoms with E-state index in [0.717, 1.165) is 36.9 Å². The minimum Gasteiger partial charge on any atom is -0.461 e. The number of likely N-dealkylation sites (tertiary alicyclic amines) is 1. The Kier molecular flexibility index (Phi) is 6.71. The van der Waals surface area contributed by atoms with Crippen molar-refractivity contribution in [2.24, 2.45) is 5.92 Å². The van der Waals surface area contributed by atoms with Crippen LogP contribution in [-0.2, 0) is 16.0 Å². The molecule has 5 rings (SSSR count). The summed E-state index contributed by atoms with van der Waals surface area (Å²) in [5, 5.41) is 4.68. The quantitative estimate of drug-likeness (QED) is 0.441. The first-order valence-electron chi connectivity index (χ1n) is 12.8. The SMILES string of the molecule is CCOC(=O)c1cc(-c2ccc(CC)cc2)n(C2CCN(C(=O)C3C[C@H]3c3ccccc3)CC2)n1. The van der Waals surface area contributed by atoms with Crippen molar-refractivity contribution in [1.82, 2.24) is 14.7 Å². The summed E-state index contributed by atoms with van der Waals surface area (Å²) in [5.41, 5.74) is 4.83. The first-order valence-corrected chi connectivity index (χ1v) is 12.8. The van der Waals surface area contributed by atoms with Crippen molar-refractivity contribution in [3.63, 3.8) is 0 Å². The maximum absolute atomic E-state index is 13.1. The van der Waals surface area contributed by atoms with Crippen LogP contribution >= 0.6 is 0 Å². The lowest BCUT2D eigenvalue weighted by Gasteiger charge is -2.33. The summed E-state index contributed by atoms with van der Waals surface area (Å²) in [6.07, 6.45) is 3.56. The molecule has 2 fully saturated rings. The second-order valence-electron chi connectivity index (χ2n) is 9.55. The van der Waals surface area contributed by atoms with Gasteiger partial charge in [-0.25, -0.2) is 4.79 Å². The summed E-state index contributed by atoms with van der Waals surface area (Å²) in [5.74, 6) is 0.352. The highest BCUT2D eigenvalue weighted by Gasteiger charge is 2.46. The normalized spacial score (nSPS) is 20.0. The van der Waals surface area contributed by atoms with Gasteiger partial charge in [0, 0.05) is 19.0 Å². The lowest BCUT2D eigenvalue weighted by molar-refractivity contribution is -0.134. The fourth-order valence-corrected chi connectivity index (χ4v) is 5.21. The molecule has 0 bridgehead atoms. The number of hydrogen-bond donors (Lipinski definition) is 0. The zero-order valence-corrected chi connectivity index (χ0v) is 20.5. The van der Waals surface area contributed by atoms with E-state index in [1.807, 2.05) is 33.8 Å². The zero-order chi connectivity index (χ0) is 24.4. The van der Waals surface area contributed by atoms with E-state index in [1.54, 1.807) is 6.92 Å². The van der Waals surface area contributed by atoms with E-state index >= 15 is 0 Å². The number of carbonyl (C=O) groups is 2. The van der Waals surface area contributed by atoms with Crippen molar-refractivity contribution in [3.05, 3.63) is 77.5 Å². The summed E-state index contributed by atoms with van der Waals surface area (Å²) in [4.78, 5) is 27.6. The molecule has 1 saturated heterocycles. The van der Waals surface area contributed by atoms with Crippen molar-refractivity contribution >= 4 is 11.9 Å². The van der Waals surface area contributed by atoms with Crippen LogP contribution in [-0.4, -0.2) is 46.3 Å². The minimum atomic E-state index is -0.397. The molecule has 1 aromatic heterocycles. The second kappa shape index (κ2) is 10.1. The van der Waals surface area contributed by atoms with Gasteiger partial charge in [-0.15, -0.1) is 0 Å². The number of piperidine rings is 1. The summed E-state index contributed by atoms with van der Waals surface area (Å²) in [6, 6.07) is 20.8. The highest BCUT2D eigenvalue weighted by Crippen LogP contribution is 2.48. The third-order valence-electron chi connectivity index (χ3n) is 7.34. The van der Waals surface area contributed by atoms with Gasteiger partial charge in [-0.1, -0.05) is 61.5 Å². The van der Waals surface area contributed by atoms with E-state index in [4.69, 9.17) is 4.74 Å². The van der Waals surface area contributed by atoms with Crippen LogP contribution in [0.4, 0.5) is 0 Å². The number of esters is 1. The predicted molar refractivity (Wildman–Crippen MR) is 135 cm³/mol. The average Bonchev–Trinajstić information content (AvgIpc) is 3.59. The first kappa shape index (κ1) is 23.3. The van der Waals surface area contributed by atoms with Crippen LogP contribution in [0.1, 0.15) is 66.7 Å². The Bertz CT molecular complexity index is 1180. The molecule has 2 aromatic carbocycles. The number of aromatic nitrogens is 2. The van der Waals surface area contributed by atoms with Crippen LogP contribution in [0.3, 0.4) is 0 Å². The van der Waals surface area contributed by atoms with Gasteiger partial charge < -0.3 is 9.64 Å². The molecule has 6 nitrogen and oxygen atoms in total. The van der Waals surface area contributed by atoms with E-state index in [1.165, 1.54) is 11.1 Å². The Labute approximate surface area is 206 Å². The third-order valence-corrected chi connectivity index (χ3v) is 7.34. The summed E-state index contributed by atoms with van der Waals surface area (Å²) in [7, 11) is 0. The molecular formula is C29H33N3O3. The fourth-order valence-electron chi connectivity index (χ4n) is 5.21. The van der Waals surface area contributed by atoms with Crippen molar-refractivity contribution in [1.29, 1.82) is 0 Å². The molecule has 182 valence electrons. The van der Waals surface area contributed by atoms with Gasteiger partial charge >= 0.3 is 5.97 Å². The number of nitrogens with zero attached hydrogens (tertiary/aromatic N) is 3. The molecule has 6 heteroatoms. The van der Waals surface area contributed by atoms with Crippen molar-refractivity contribution < 1.29 is 14.3 Å². The number of carbonyl (C=O) groups excluding carboxylic acids is 2. The zero-order valence-electron chi connectivity index (χ0n) is 20.5. The summed E-state index contributed by atoms with van der Waals surface area (Å²) < 4.78 is 7.20. The van der Waals surface area contributed by atoms with E-state index in [2.05, 4.69) is 48.4 Å². The van der Waals surface area contributed by atoms with Crippen LogP contribution in [0, 0.1) is 5.92 Å². The Morgan fingerprint density at radius 2 is 1.71 bits per heavy atom. The molecule has 0 N–H and O–H groups in total. The van der Waals surface area contributed by atoms with Gasteiger partial charge in [0.15, 0.2) is 5.69 Å². The highest BCUT2D eigenvalue weighted by atomic mass is 16.5. The molecule has 1 aliphatic carbocycles. The van der Waals surface area contributed by atoms with Gasteiger partial charge in [-0.3, -0.25) is 9.48 Å². The van der Waals surface area contributed by atoms with Gasteiger partial charge in [0.25, 0.3) is 0 Å². The van der Waals surface area contributed by atoms with Gasteiger partial charge in [-0.05, 0) is 61.3 Å². The molecule has 1 amide bonds. The van der Waals surface area contributed by atoms with E-state index < -0.39 is 5.97 Å². The van der Waals surface area contributed by atoms with E-state index in [-0.39, 0.29) is 17.9 Å².